The highest BCUT2D eigenvalue weighted by Gasteiger charge is 2.28. The van der Waals surface area contributed by atoms with Crippen LogP contribution in [0.5, 0.6) is 0 Å². The van der Waals surface area contributed by atoms with Gasteiger partial charge >= 0.3 is 5.97 Å². The minimum absolute atomic E-state index is 0.0140. The Kier molecular flexibility index (Phi) is 6.29. The normalized spacial score (nSPS) is 15.4. The molecule has 1 aliphatic rings. The fourth-order valence-corrected chi connectivity index (χ4v) is 3.26. The molecule has 0 aromatic heterocycles. The zero-order valence-corrected chi connectivity index (χ0v) is 14.3. The third-order valence-electron chi connectivity index (χ3n) is 3.45. The molecule has 1 atom stereocenters. The van der Waals surface area contributed by atoms with Crippen LogP contribution >= 0.6 is 0 Å². The maximum atomic E-state index is 12.1. The molecule has 0 radical (unpaired) electrons. The monoisotopic (exact) mass is 368 g/mol. The van der Waals surface area contributed by atoms with Gasteiger partial charge in [0.05, 0.1) is 18.1 Å². The van der Waals surface area contributed by atoms with E-state index >= 15 is 0 Å². The highest BCUT2D eigenvalue weighted by molar-refractivity contribution is 7.89. The average molecular weight is 368 g/mol. The Balaban J connectivity index is 2.01. The molecule has 0 aliphatic heterocycles. The Morgan fingerprint density at radius 3 is 2.48 bits per heavy atom. The molecule has 136 valence electrons. The first kappa shape index (κ1) is 19.1. The van der Waals surface area contributed by atoms with Crippen LogP contribution < -0.4 is 10.0 Å². The Morgan fingerprint density at radius 1 is 1.32 bits per heavy atom. The van der Waals surface area contributed by atoms with Gasteiger partial charge in [-0.1, -0.05) is 6.08 Å². The van der Waals surface area contributed by atoms with Gasteiger partial charge in [-0.2, -0.15) is 0 Å². The van der Waals surface area contributed by atoms with Gasteiger partial charge in [0.2, 0.25) is 10.0 Å². The summed E-state index contributed by atoms with van der Waals surface area (Å²) < 4.78 is 31.7. The van der Waals surface area contributed by atoms with E-state index in [0.29, 0.717) is 0 Å². The molecule has 8 nitrogen and oxygen atoms in total. The smallest absolute Gasteiger partial charge is 0.328 e. The third-order valence-corrected chi connectivity index (χ3v) is 4.99. The standard InChI is InChI=1S/C16H20N2O6S/c1-2-9-24-10-14(16(20)21)17-15(19)11-3-7-13(8-4-11)25(22,23)18-12-5-6-12/h2-4,7-8,12,14,18H,1,5-6,9-10H2,(H,17,19)(H,20,21). The topological polar surface area (TPSA) is 122 Å². The molecular weight excluding hydrogens is 348 g/mol. The summed E-state index contributed by atoms with van der Waals surface area (Å²) >= 11 is 0. The third kappa shape index (κ3) is 5.66. The van der Waals surface area contributed by atoms with Gasteiger partial charge in [-0.15, -0.1) is 6.58 Å². The van der Waals surface area contributed by atoms with Gasteiger partial charge in [0, 0.05) is 11.6 Å². The highest BCUT2D eigenvalue weighted by atomic mass is 32.2. The van der Waals surface area contributed by atoms with E-state index in [1.165, 1.54) is 30.3 Å². The van der Waals surface area contributed by atoms with E-state index in [1.54, 1.807) is 0 Å². The largest absolute Gasteiger partial charge is 0.480 e. The molecule has 0 bridgehead atoms. The first-order valence-corrected chi connectivity index (χ1v) is 9.16. The summed E-state index contributed by atoms with van der Waals surface area (Å²) in [5.74, 6) is -1.86. The molecule has 0 saturated heterocycles. The lowest BCUT2D eigenvalue weighted by atomic mass is 10.2. The van der Waals surface area contributed by atoms with E-state index in [2.05, 4.69) is 16.6 Å². The summed E-state index contributed by atoms with van der Waals surface area (Å²) in [6.45, 7) is 3.41. The fourth-order valence-electron chi connectivity index (χ4n) is 1.96. The predicted octanol–water partition coefficient (Wildman–Crippen LogP) is 0.513. The summed E-state index contributed by atoms with van der Waals surface area (Å²) in [5.41, 5.74) is 0.153. The van der Waals surface area contributed by atoms with Crippen LogP contribution in [-0.2, 0) is 19.6 Å². The lowest BCUT2D eigenvalue weighted by Gasteiger charge is -2.14. The highest BCUT2D eigenvalue weighted by Crippen LogP contribution is 2.22. The number of benzene rings is 1. The molecule has 0 heterocycles. The fraction of sp³-hybridized carbons (Fsp3) is 0.375. The Morgan fingerprint density at radius 2 is 1.96 bits per heavy atom. The summed E-state index contributed by atoms with van der Waals surface area (Å²) in [4.78, 5) is 23.3. The number of amides is 1. The van der Waals surface area contributed by atoms with Crippen molar-refractivity contribution < 1.29 is 27.9 Å². The van der Waals surface area contributed by atoms with Crippen molar-refractivity contribution in [1.29, 1.82) is 0 Å². The molecule has 2 rings (SSSR count). The van der Waals surface area contributed by atoms with Crippen LogP contribution in [0.2, 0.25) is 0 Å². The van der Waals surface area contributed by atoms with Crippen molar-refractivity contribution in [3.8, 4) is 0 Å². The van der Waals surface area contributed by atoms with E-state index in [1.807, 2.05) is 0 Å². The molecule has 1 fully saturated rings. The van der Waals surface area contributed by atoms with Gasteiger partial charge in [-0.05, 0) is 37.1 Å². The second kappa shape index (κ2) is 8.24. The Labute approximate surface area is 145 Å². The van der Waals surface area contributed by atoms with Gasteiger partial charge in [0.25, 0.3) is 5.91 Å². The number of carboxylic acids is 1. The maximum Gasteiger partial charge on any atom is 0.328 e. The Hall–Kier alpha value is -2.23. The second-order valence-corrected chi connectivity index (χ2v) is 7.32. The number of carbonyl (C=O) groups is 2. The quantitative estimate of drug-likeness (QED) is 0.409. The van der Waals surface area contributed by atoms with E-state index < -0.39 is 27.9 Å². The zero-order valence-electron chi connectivity index (χ0n) is 13.5. The van der Waals surface area contributed by atoms with Crippen molar-refractivity contribution in [1.82, 2.24) is 10.0 Å². The minimum atomic E-state index is -3.60. The maximum absolute atomic E-state index is 12.1. The number of aliphatic carboxylic acids is 1. The lowest BCUT2D eigenvalue weighted by Crippen LogP contribution is -2.44. The molecule has 25 heavy (non-hydrogen) atoms. The molecular formula is C16H20N2O6S. The number of hydrogen-bond donors (Lipinski definition) is 3. The molecule has 1 aliphatic carbocycles. The predicted molar refractivity (Wildman–Crippen MR) is 89.7 cm³/mol. The van der Waals surface area contributed by atoms with E-state index in [-0.39, 0.29) is 29.7 Å². The second-order valence-electron chi connectivity index (χ2n) is 5.61. The summed E-state index contributed by atoms with van der Waals surface area (Å²) in [5, 5.41) is 11.4. The number of carbonyl (C=O) groups excluding carboxylic acids is 1. The van der Waals surface area contributed by atoms with Crippen LogP contribution in [0.4, 0.5) is 0 Å². The first-order chi connectivity index (χ1) is 11.8. The SMILES string of the molecule is C=CCOCC(NC(=O)c1ccc(S(=O)(=O)NC2CC2)cc1)C(=O)O. The van der Waals surface area contributed by atoms with Crippen molar-refractivity contribution >= 4 is 21.9 Å². The molecule has 1 aromatic rings. The van der Waals surface area contributed by atoms with Crippen LogP contribution in [0.1, 0.15) is 23.2 Å². The van der Waals surface area contributed by atoms with Crippen LogP contribution in [0.25, 0.3) is 0 Å². The van der Waals surface area contributed by atoms with Gasteiger partial charge in [0.15, 0.2) is 6.04 Å². The molecule has 1 unspecified atom stereocenters. The van der Waals surface area contributed by atoms with E-state index in [0.717, 1.165) is 12.8 Å². The zero-order chi connectivity index (χ0) is 18.4. The number of carboxylic acid groups (broad SMARTS) is 1. The van der Waals surface area contributed by atoms with Crippen LogP contribution in [0.15, 0.2) is 41.8 Å². The molecule has 1 saturated carbocycles. The number of ether oxygens (including phenoxy) is 1. The van der Waals surface area contributed by atoms with Gasteiger partial charge < -0.3 is 15.2 Å². The van der Waals surface area contributed by atoms with Crippen LogP contribution in [0, 0.1) is 0 Å². The average Bonchev–Trinajstić information content (AvgIpc) is 3.37. The van der Waals surface area contributed by atoms with Gasteiger partial charge in [-0.25, -0.2) is 17.9 Å². The van der Waals surface area contributed by atoms with Crippen LogP contribution in [-0.4, -0.2) is 50.7 Å². The van der Waals surface area contributed by atoms with Crippen molar-refractivity contribution in [2.24, 2.45) is 0 Å². The Bertz CT molecular complexity index is 740. The van der Waals surface area contributed by atoms with Crippen molar-refractivity contribution in [2.75, 3.05) is 13.2 Å². The molecule has 9 heteroatoms. The van der Waals surface area contributed by atoms with Crippen molar-refractivity contribution in [2.45, 2.75) is 29.8 Å². The summed E-state index contributed by atoms with van der Waals surface area (Å²) in [6, 6.07) is 4.06. The number of nitrogens with one attached hydrogen (secondary N) is 2. The molecule has 1 aromatic carbocycles. The lowest BCUT2D eigenvalue weighted by molar-refractivity contribution is -0.140. The molecule has 3 N–H and O–H groups in total. The van der Waals surface area contributed by atoms with E-state index in [4.69, 9.17) is 9.84 Å². The molecule has 1 amide bonds. The van der Waals surface area contributed by atoms with Crippen LogP contribution in [0.3, 0.4) is 0 Å². The van der Waals surface area contributed by atoms with Gasteiger partial charge in [0.1, 0.15) is 0 Å². The van der Waals surface area contributed by atoms with E-state index in [9.17, 15) is 18.0 Å². The van der Waals surface area contributed by atoms with Crippen molar-refractivity contribution in [3.05, 3.63) is 42.5 Å². The van der Waals surface area contributed by atoms with Crippen molar-refractivity contribution in [3.63, 3.8) is 0 Å². The number of hydrogen-bond acceptors (Lipinski definition) is 5. The number of rotatable bonds is 10. The number of sulfonamides is 1. The van der Waals surface area contributed by atoms with Gasteiger partial charge in [-0.3, -0.25) is 4.79 Å². The minimum Gasteiger partial charge on any atom is -0.480 e. The molecule has 0 spiro atoms. The summed E-state index contributed by atoms with van der Waals surface area (Å²) in [6.07, 6.45) is 3.12. The first-order valence-electron chi connectivity index (χ1n) is 7.68. The summed E-state index contributed by atoms with van der Waals surface area (Å²) in [7, 11) is -3.60.